The lowest BCUT2D eigenvalue weighted by molar-refractivity contribution is -0.118. The Morgan fingerprint density at radius 2 is 1.32 bits per heavy atom. The van der Waals surface area contributed by atoms with Crippen molar-refractivity contribution < 1.29 is 4.79 Å². The molecule has 0 heterocycles. The van der Waals surface area contributed by atoms with Gasteiger partial charge in [0.25, 0.3) is 0 Å². The van der Waals surface area contributed by atoms with Crippen LogP contribution in [0.3, 0.4) is 0 Å². The third kappa shape index (κ3) is 8.36. The highest BCUT2D eigenvalue weighted by Crippen LogP contribution is 2.23. The molecule has 0 radical (unpaired) electrons. The van der Waals surface area contributed by atoms with Crippen molar-refractivity contribution in [3.63, 3.8) is 0 Å². The van der Waals surface area contributed by atoms with Crippen LogP contribution < -0.4 is 0 Å². The summed E-state index contributed by atoms with van der Waals surface area (Å²) in [5.41, 5.74) is 1.19. The number of benzene rings is 1. The SMILES string of the molecule is CCCCCCCCCCCCC(C(C)=O)c1ccccc1. The smallest absolute Gasteiger partial charge is 0.137 e. The number of ketones is 1. The summed E-state index contributed by atoms with van der Waals surface area (Å²) in [5, 5.41) is 0. The van der Waals surface area contributed by atoms with Gasteiger partial charge in [-0.05, 0) is 18.9 Å². The zero-order chi connectivity index (χ0) is 16.0. The lowest BCUT2D eigenvalue weighted by atomic mass is 9.90. The van der Waals surface area contributed by atoms with E-state index < -0.39 is 0 Å². The minimum atomic E-state index is 0.107. The monoisotopic (exact) mass is 302 g/mol. The third-order valence-corrected chi connectivity index (χ3v) is 4.54. The molecular weight excluding hydrogens is 268 g/mol. The Morgan fingerprint density at radius 1 is 0.818 bits per heavy atom. The Balaban J connectivity index is 2.08. The molecule has 22 heavy (non-hydrogen) atoms. The minimum Gasteiger partial charge on any atom is -0.299 e. The largest absolute Gasteiger partial charge is 0.299 e. The number of carbonyl (C=O) groups excluding carboxylic acids is 1. The van der Waals surface area contributed by atoms with E-state index in [0.717, 1.165) is 6.42 Å². The summed E-state index contributed by atoms with van der Waals surface area (Å²) in [4.78, 5) is 11.8. The van der Waals surface area contributed by atoms with Crippen LogP contribution in [0, 0.1) is 0 Å². The van der Waals surface area contributed by atoms with E-state index in [1.165, 1.54) is 69.8 Å². The minimum absolute atomic E-state index is 0.107. The van der Waals surface area contributed by atoms with E-state index in [0.29, 0.717) is 5.78 Å². The van der Waals surface area contributed by atoms with Crippen molar-refractivity contribution >= 4 is 5.78 Å². The summed E-state index contributed by atoms with van der Waals surface area (Å²) in [6.07, 6.45) is 14.5. The normalized spacial score (nSPS) is 12.3. The van der Waals surface area contributed by atoms with Gasteiger partial charge in [-0.25, -0.2) is 0 Å². The Hall–Kier alpha value is -1.11. The Kier molecular flexibility index (Phi) is 10.7. The van der Waals surface area contributed by atoms with E-state index in [4.69, 9.17) is 0 Å². The zero-order valence-corrected chi connectivity index (χ0v) is 14.7. The highest BCUT2D eigenvalue weighted by atomic mass is 16.1. The standard InChI is InChI=1S/C21H34O/c1-3-4-5-6-7-8-9-10-11-15-18-21(19(2)22)20-16-13-12-14-17-20/h12-14,16-17,21H,3-11,15,18H2,1-2H3. The van der Waals surface area contributed by atoms with Gasteiger partial charge in [-0.15, -0.1) is 0 Å². The molecule has 0 bridgehead atoms. The first-order valence-corrected chi connectivity index (χ1v) is 9.31. The number of hydrogen-bond donors (Lipinski definition) is 0. The molecule has 0 aliphatic carbocycles. The number of rotatable bonds is 13. The fourth-order valence-electron chi connectivity index (χ4n) is 3.13. The van der Waals surface area contributed by atoms with Crippen molar-refractivity contribution in [3.05, 3.63) is 35.9 Å². The second-order valence-corrected chi connectivity index (χ2v) is 6.54. The summed E-state index contributed by atoms with van der Waals surface area (Å²) in [7, 11) is 0. The molecule has 0 amide bonds. The van der Waals surface area contributed by atoms with E-state index in [-0.39, 0.29) is 5.92 Å². The van der Waals surface area contributed by atoms with Crippen molar-refractivity contribution in [2.75, 3.05) is 0 Å². The Bertz CT molecular complexity index is 382. The van der Waals surface area contributed by atoms with E-state index in [1.807, 2.05) is 18.2 Å². The van der Waals surface area contributed by atoms with Crippen LogP contribution in [0.1, 0.15) is 96.0 Å². The Labute approximate surface area is 137 Å². The average Bonchev–Trinajstić information content (AvgIpc) is 2.53. The van der Waals surface area contributed by atoms with Gasteiger partial charge in [-0.3, -0.25) is 4.79 Å². The average molecular weight is 303 g/mol. The second-order valence-electron chi connectivity index (χ2n) is 6.54. The summed E-state index contributed by atoms with van der Waals surface area (Å²) in [6, 6.07) is 10.2. The van der Waals surface area contributed by atoms with Crippen LogP contribution in [0.5, 0.6) is 0 Å². The number of unbranched alkanes of at least 4 members (excludes halogenated alkanes) is 9. The summed E-state index contributed by atoms with van der Waals surface area (Å²) < 4.78 is 0. The number of Topliss-reactive ketones (excluding diaryl/α,β-unsaturated/α-hetero) is 1. The lowest BCUT2D eigenvalue weighted by Crippen LogP contribution is -2.08. The molecule has 0 saturated heterocycles. The van der Waals surface area contributed by atoms with Crippen molar-refractivity contribution in [3.8, 4) is 0 Å². The third-order valence-electron chi connectivity index (χ3n) is 4.54. The molecule has 1 unspecified atom stereocenters. The first-order chi connectivity index (χ1) is 10.8. The molecule has 0 aliphatic rings. The van der Waals surface area contributed by atoms with Gasteiger partial charge in [0.2, 0.25) is 0 Å². The molecule has 0 saturated carbocycles. The van der Waals surface area contributed by atoms with Gasteiger partial charge in [0.05, 0.1) is 0 Å². The van der Waals surface area contributed by atoms with E-state index in [1.54, 1.807) is 6.92 Å². The molecule has 1 nitrogen and oxygen atoms in total. The van der Waals surface area contributed by atoms with Crippen molar-refractivity contribution in [1.29, 1.82) is 0 Å². The molecular formula is C21H34O. The maximum atomic E-state index is 11.8. The van der Waals surface area contributed by atoms with E-state index >= 15 is 0 Å². The summed E-state index contributed by atoms with van der Waals surface area (Å²) in [5.74, 6) is 0.414. The molecule has 0 spiro atoms. The maximum absolute atomic E-state index is 11.8. The van der Waals surface area contributed by atoms with Crippen LogP contribution in [0.15, 0.2) is 30.3 Å². The summed E-state index contributed by atoms with van der Waals surface area (Å²) in [6.45, 7) is 4.00. The quantitative estimate of drug-likeness (QED) is 0.372. The van der Waals surface area contributed by atoms with Gasteiger partial charge in [-0.2, -0.15) is 0 Å². The first kappa shape index (κ1) is 18.9. The van der Waals surface area contributed by atoms with Gasteiger partial charge >= 0.3 is 0 Å². The van der Waals surface area contributed by atoms with Crippen molar-refractivity contribution in [1.82, 2.24) is 0 Å². The molecule has 1 heteroatoms. The molecule has 0 fully saturated rings. The summed E-state index contributed by atoms with van der Waals surface area (Å²) >= 11 is 0. The molecule has 0 aromatic heterocycles. The van der Waals surface area contributed by atoms with Crippen LogP contribution in [-0.4, -0.2) is 5.78 Å². The number of hydrogen-bond acceptors (Lipinski definition) is 1. The van der Waals surface area contributed by atoms with Crippen LogP contribution in [0.4, 0.5) is 0 Å². The highest BCUT2D eigenvalue weighted by Gasteiger charge is 2.15. The first-order valence-electron chi connectivity index (χ1n) is 9.31. The van der Waals surface area contributed by atoms with Crippen LogP contribution in [0.25, 0.3) is 0 Å². The Morgan fingerprint density at radius 3 is 1.82 bits per heavy atom. The topological polar surface area (TPSA) is 17.1 Å². The fraction of sp³-hybridized carbons (Fsp3) is 0.667. The van der Waals surface area contributed by atoms with Gasteiger partial charge < -0.3 is 0 Å². The molecule has 1 atom stereocenters. The lowest BCUT2D eigenvalue weighted by Gasteiger charge is -2.14. The van der Waals surface area contributed by atoms with Crippen molar-refractivity contribution in [2.45, 2.75) is 90.4 Å². The molecule has 0 N–H and O–H groups in total. The fourth-order valence-corrected chi connectivity index (χ4v) is 3.13. The van der Waals surface area contributed by atoms with Gasteiger partial charge in [0.15, 0.2) is 0 Å². The predicted molar refractivity (Wildman–Crippen MR) is 96.3 cm³/mol. The van der Waals surface area contributed by atoms with Crippen LogP contribution in [0.2, 0.25) is 0 Å². The van der Waals surface area contributed by atoms with Crippen molar-refractivity contribution in [2.24, 2.45) is 0 Å². The van der Waals surface area contributed by atoms with Gasteiger partial charge in [0.1, 0.15) is 5.78 Å². The highest BCUT2D eigenvalue weighted by molar-refractivity contribution is 5.83. The van der Waals surface area contributed by atoms with Crippen LogP contribution in [-0.2, 0) is 4.79 Å². The van der Waals surface area contributed by atoms with E-state index in [9.17, 15) is 4.79 Å². The molecule has 1 rings (SSSR count). The molecule has 1 aromatic carbocycles. The molecule has 0 aliphatic heterocycles. The zero-order valence-electron chi connectivity index (χ0n) is 14.7. The van der Waals surface area contributed by atoms with Gasteiger partial charge in [0, 0.05) is 5.92 Å². The van der Waals surface area contributed by atoms with E-state index in [2.05, 4.69) is 19.1 Å². The van der Waals surface area contributed by atoms with Gasteiger partial charge in [-0.1, -0.05) is 101 Å². The number of carbonyl (C=O) groups is 1. The molecule has 1 aromatic rings. The maximum Gasteiger partial charge on any atom is 0.137 e. The second kappa shape index (κ2) is 12.4. The molecule has 124 valence electrons. The predicted octanol–water partition coefficient (Wildman–Crippen LogP) is 6.67. The van der Waals surface area contributed by atoms with Crippen LogP contribution >= 0.6 is 0 Å².